The van der Waals surface area contributed by atoms with Crippen LogP contribution in [0.2, 0.25) is 0 Å². The summed E-state index contributed by atoms with van der Waals surface area (Å²) >= 11 is 0. The van der Waals surface area contributed by atoms with Crippen LogP contribution in [-0.2, 0) is 6.42 Å². The highest BCUT2D eigenvalue weighted by atomic mass is 16.1. The number of H-pyrrole nitrogens is 1. The van der Waals surface area contributed by atoms with Crippen LogP contribution in [0, 0.1) is 0 Å². The highest BCUT2D eigenvalue weighted by Gasteiger charge is 2.09. The molecule has 134 valence electrons. The van der Waals surface area contributed by atoms with E-state index < -0.39 is 0 Å². The fraction of sp³-hybridized carbons (Fsp3) is 0.118. The molecule has 4 heterocycles. The van der Waals surface area contributed by atoms with Crippen molar-refractivity contribution in [1.82, 2.24) is 45.2 Å². The van der Waals surface area contributed by atoms with Crippen LogP contribution in [0.4, 0.5) is 0 Å². The van der Waals surface area contributed by atoms with Gasteiger partial charge in [-0.3, -0.25) is 19.4 Å². The molecule has 0 unspecified atom stereocenters. The van der Waals surface area contributed by atoms with Gasteiger partial charge in [-0.25, -0.2) is 9.97 Å². The maximum absolute atomic E-state index is 12.2. The molecule has 27 heavy (non-hydrogen) atoms. The Hall–Kier alpha value is -3.95. The van der Waals surface area contributed by atoms with E-state index in [4.69, 9.17) is 0 Å². The quantitative estimate of drug-likeness (QED) is 0.520. The van der Waals surface area contributed by atoms with Crippen LogP contribution in [0.1, 0.15) is 16.2 Å². The third-order valence-corrected chi connectivity index (χ3v) is 3.79. The lowest BCUT2D eigenvalue weighted by atomic mass is 10.2. The molecule has 0 fully saturated rings. The van der Waals surface area contributed by atoms with Crippen LogP contribution in [-0.4, -0.2) is 52.4 Å². The molecule has 10 nitrogen and oxygen atoms in total. The summed E-state index contributed by atoms with van der Waals surface area (Å²) in [6, 6.07) is 7.15. The summed E-state index contributed by atoms with van der Waals surface area (Å²) < 4.78 is 1.66. The fourth-order valence-electron chi connectivity index (χ4n) is 2.42. The third-order valence-electron chi connectivity index (χ3n) is 3.79. The Labute approximate surface area is 153 Å². The highest BCUT2D eigenvalue weighted by molar-refractivity contribution is 5.93. The number of aromatic amines is 1. The average Bonchev–Trinajstić information content (AvgIpc) is 3.41. The molecule has 0 spiro atoms. The van der Waals surface area contributed by atoms with Crippen LogP contribution >= 0.6 is 0 Å². The van der Waals surface area contributed by atoms with Crippen molar-refractivity contribution in [2.75, 3.05) is 6.54 Å². The molecule has 4 rings (SSSR count). The standard InChI is InChI=1S/C17H15N9O/c27-17(13-3-4-15(20-9-13)26-10-21-22-11-26)19-7-5-14-23-16(25-24-14)12-2-1-6-18-8-12/h1-4,6,8-11H,5,7H2,(H,19,27)(H,23,24,25). The second-order valence-electron chi connectivity index (χ2n) is 5.63. The van der Waals surface area contributed by atoms with Crippen LogP contribution < -0.4 is 5.32 Å². The van der Waals surface area contributed by atoms with Gasteiger partial charge in [-0.1, -0.05) is 0 Å². The molecule has 0 radical (unpaired) electrons. The molecule has 1 amide bonds. The topological polar surface area (TPSA) is 127 Å². The van der Waals surface area contributed by atoms with Gasteiger partial charge in [-0.15, -0.1) is 10.2 Å². The number of nitrogens with one attached hydrogen (secondary N) is 2. The Morgan fingerprint density at radius 2 is 2.04 bits per heavy atom. The average molecular weight is 361 g/mol. The Balaban J connectivity index is 1.31. The van der Waals surface area contributed by atoms with Gasteiger partial charge in [-0.2, -0.15) is 5.10 Å². The van der Waals surface area contributed by atoms with Crippen molar-refractivity contribution in [3.63, 3.8) is 0 Å². The van der Waals surface area contributed by atoms with Crippen molar-refractivity contribution >= 4 is 5.91 Å². The van der Waals surface area contributed by atoms with Gasteiger partial charge in [0, 0.05) is 37.1 Å². The molecule has 0 saturated heterocycles. The molecule has 0 aromatic carbocycles. The smallest absolute Gasteiger partial charge is 0.252 e. The second-order valence-corrected chi connectivity index (χ2v) is 5.63. The summed E-state index contributed by atoms with van der Waals surface area (Å²) in [7, 11) is 0. The van der Waals surface area contributed by atoms with Crippen molar-refractivity contribution in [2.45, 2.75) is 6.42 Å². The number of hydrogen-bond acceptors (Lipinski definition) is 7. The lowest BCUT2D eigenvalue weighted by Gasteiger charge is -2.05. The van der Waals surface area contributed by atoms with Crippen LogP contribution in [0.3, 0.4) is 0 Å². The van der Waals surface area contributed by atoms with Crippen molar-refractivity contribution in [3.8, 4) is 17.2 Å². The van der Waals surface area contributed by atoms with Gasteiger partial charge < -0.3 is 5.32 Å². The number of hydrogen-bond donors (Lipinski definition) is 2. The van der Waals surface area contributed by atoms with Crippen molar-refractivity contribution in [1.29, 1.82) is 0 Å². The summed E-state index contributed by atoms with van der Waals surface area (Å²) in [5.74, 6) is 1.71. The normalized spacial score (nSPS) is 10.7. The minimum Gasteiger partial charge on any atom is -0.352 e. The SMILES string of the molecule is O=C(NCCc1nc(-c2cccnc2)n[nH]1)c1ccc(-n2cnnc2)nc1. The highest BCUT2D eigenvalue weighted by Crippen LogP contribution is 2.12. The predicted octanol–water partition coefficient (Wildman–Crippen LogP) is 0.815. The minimum atomic E-state index is -0.204. The van der Waals surface area contributed by atoms with E-state index >= 15 is 0 Å². The van der Waals surface area contributed by atoms with Gasteiger partial charge in [0.25, 0.3) is 5.91 Å². The van der Waals surface area contributed by atoms with E-state index in [9.17, 15) is 4.79 Å². The number of pyridine rings is 2. The summed E-state index contributed by atoms with van der Waals surface area (Å²) in [4.78, 5) is 24.9. The largest absolute Gasteiger partial charge is 0.352 e. The number of carbonyl (C=O) groups is 1. The Morgan fingerprint density at radius 3 is 2.78 bits per heavy atom. The molecule has 0 aliphatic heterocycles. The molecule has 0 saturated carbocycles. The van der Waals surface area contributed by atoms with E-state index in [1.54, 1.807) is 41.7 Å². The number of rotatable bonds is 6. The van der Waals surface area contributed by atoms with Gasteiger partial charge in [0.05, 0.1) is 5.56 Å². The fourth-order valence-corrected chi connectivity index (χ4v) is 2.42. The molecule has 10 heteroatoms. The summed E-state index contributed by atoms with van der Waals surface area (Å²) in [6.07, 6.45) is 8.52. The third kappa shape index (κ3) is 3.84. The molecule has 0 aliphatic rings. The van der Waals surface area contributed by atoms with Gasteiger partial charge in [0.2, 0.25) is 0 Å². The van der Waals surface area contributed by atoms with Crippen molar-refractivity contribution < 1.29 is 4.79 Å². The molecular weight excluding hydrogens is 346 g/mol. The first kappa shape index (κ1) is 16.5. The van der Waals surface area contributed by atoms with E-state index in [2.05, 4.69) is 40.7 Å². The van der Waals surface area contributed by atoms with Gasteiger partial charge in [0.15, 0.2) is 5.82 Å². The monoisotopic (exact) mass is 361 g/mol. The Kier molecular flexibility index (Phi) is 4.60. The predicted molar refractivity (Wildman–Crippen MR) is 94.8 cm³/mol. The molecule has 2 N–H and O–H groups in total. The van der Waals surface area contributed by atoms with E-state index in [1.165, 1.54) is 6.20 Å². The molecule has 4 aromatic rings. The number of nitrogens with zero attached hydrogens (tertiary/aromatic N) is 7. The molecule has 0 atom stereocenters. The van der Waals surface area contributed by atoms with E-state index in [1.807, 2.05) is 12.1 Å². The van der Waals surface area contributed by atoms with Crippen molar-refractivity contribution in [3.05, 3.63) is 66.9 Å². The first-order chi connectivity index (χ1) is 13.3. The van der Waals surface area contributed by atoms with E-state index in [-0.39, 0.29) is 5.91 Å². The molecule has 0 bridgehead atoms. The zero-order valence-electron chi connectivity index (χ0n) is 14.1. The molecule has 4 aromatic heterocycles. The zero-order valence-corrected chi connectivity index (χ0v) is 14.1. The summed E-state index contributed by atoms with van der Waals surface area (Å²) in [5, 5.41) is 17.3. The first-order valence-corrected chi connectivity index (χ1v) is 8.20. The second kappa shape index (κ2) is 7.52. The van der Waals surface area contributed by atoms with Gasteiger partial charge >= 0.3 is 0 Å². The van der Waals surface area contributed by atoms with E-state index in [0.29, 0.717) is 36.0 Å². The number of amides is 1. The lowest BCUT2D eigenvalue weighted by Crippen LogP contribution is -2.26. The Morgan fingerprint density at radius 1 is 1.15 bits per heavy atom. The van der Waals surface area contributed by atoms with Crippen LogP contribution in [0.5, 0.6) is 0 Å². The molecule has 0 aliphatic carbocycles. The Bertz CT molecular complexity index is 1010. The van der Waals surface area contributed by atoms with E-state index in [0.717, 1.165) is 5.56 Å². The van der Waals surface area contributed by atoms with Crippen LogP contribution in [0.25, 0.3) is 17.2 Å². The number of aromatic nitrogens is 8. The lowest BCUT2D eigenvalue weighted by molar-refractivity contribution is 0.0953. The van der Waals surface area contributed by atoms with Crippen LogP contribution in [0.15, 0.2) is 55.5 Å². The summed E-state index contributed by atoms with van der Waals surface area (Å²) in [6.45, 7) is 0.424. The van der Waals surface area contributed by atoms with Gasteiger partial charge in [-0.05, 0) is 24.3 Å². The number of carbonyl (C=O) groups excluding carboxylic acids is 1. The first-order valence-electron chi connectivity index (χ1n) is 8.20. The maximum atomic E-state index is 12.2. The minimum absolute atomic E-state index is 0.204. The molecular formula is C17H15N9O. The zero-order chi connectivity index (χ0) is 18.5. The van der Waals surface area contributed by atoms with Crippen molar-refractivity contribution in [2.24, 2.45) is 0 Å². The summed E-state index contributed by atoms with van der Waals surface area (Å²) in [5.41, 5.74) is 1.31. The van der Waals surface area contributed by atoms with Gasteiger partial charge in [0.1, 0.15) is 24.3 Å². The maximum Gasteiger partial charge on any atom is 0.252 e.